The summed E-state index contributed by atoms with van der Waals surface area (Å²) in [5.74, 6) is 0.993. The number of benzene rings is 2. The van der Waals surface area contributed by atoms with E-state index in [0.29, 0.717) is 5.95 Å². The molecule has 4 rings (SSSR count). The molecule has 7 heteroatoms. The van der Waals surface area contributed by atoms with E-state index in [-0.39, 0.29) is 23.9 Å². The minimum atomic E-state index is -0.368. The summed E-state index contributed by atoms with van der Waals surface area (Å²) in [7, 11) is 1.63. The molecule has 2 heterocycles. The Kier molecular flexibility index (Phi) is 4.50. The third-order valence-electron chi connectivity index (χ3n) is 4.87. The Labute approximate surface area is 157 Å². The number of carbonyl (C=O) groups is 1. The topological polar surface area (TPSA) is 81.1 Å². The van der Waals surface area contributed by atoms with Gasteiger partial charge in [-0.2, -0.15) is 10.1 Å². The Morgan fingerprint density at radius 1 is 1.15 bits per heavy atom. The van der Waals surface area contributed by atoms with Crippen molar-refractivity contribution in [2.45, 2.75) is 19.0 Å². The van der Waals surface area contributed by atoms with Gasteiger partial charge in [-0.3, -0.25) is 4.79 Å². The summed E-state index contributed by atoms with van der Waals surface area (Å²) in [6.07, 6.45) is 1.50. The summed E-state index contributed by atoms with van der Waals surface area (Å²) in [4.78, 5) is 17.5. The van der Waals surface area contributed by atoms with Gasteiger partial charge in [-0.15, -0.1) is 0 Å². The molecule has 0 saturated carbocycles. The smallest absolute Gasteiger partial charge is 0.232 e. The Hall–Kier alpha value is -3.35. The third-order valence-corrected chi connectivity index (χ3v) is 4.87. The van der Waals surface area contributed by atoms with Gasteiger partial charge in [0, 0.05) is 11.7 Å². The second-order valence-corrected chi connectivity index (χ2v) is 6.56. The normalized spacial score (nSPS) is 21.0. The fourth-order valence-corrected chi connectivity index (χ4v) is 3.54. The first-order chi connectivity index (χ1) is 13.2. The Morgan fingerprint density at radius 3 is 2.59 bits per heavy atom. The van der Waals surface area contributed by atoms with E-state index < -0.39 is 0 Å². The molecular weight excluding hydrogens is 342 g/mol. The summed E-state index contributed by atoms with van der Waals surface area (Å²) in [5.41, 5.74) is 1.75. The maximum Gasteiger partial charge on any atom is 0.232 e. The van der Waals surface area contributed by atoms with Crippen LogP contribution in [0.3, 0.4) is 0 Å². The number of ether oxygens (including phenoxy) is 1. The number of nitrogens with zero attached hydrogens (tertiary/aromatic N) is 3. The van der Waals surface area contributed by atoms with Crippen molar-refractivity contribution in [3.8, 4) is 5.75 Å². The average molecular weight is 363 g/mol. The molecule has 2 N–H and O–H groups in total. The van der Waals surface area contributed by atoms with Gasteiger partial charge in [0.2, 0.25) is 11.9 Å². The first-order valence-corrected chi connectivity index (χ1v) is 8.83. The number of anilines is 2. The van der Waals surface area contributed by atoms with Crippen molar-refractivity contribution in [1.82, 2.24) is 14.8 Å². The molecule has 0 unspecified atom stereocenters. The summed E-state index contributed by atoms with van der Waals surface area (Å²) in [6.45, 7) is 1.99. The van der Waals surface area contributed by atoms with Crippen molar-refractivity contribution in [3.63, 3.8) is 0 Å². The largest absolute Gasteiger partial charge is 0.497 e. The van der Waals surface area contributed by atoms with Crippen molar-refractivity contribution >= 4 is 17.5 Å². The molecule has 0 fully saturated rings. The minimum Gasteiger partial charge on any atom is -0.497 e. The molecule has 3 aromatic rings. The fraction of sp³-hybridized carbons (Fsp3) is 0.250. The number of methoxy groups -OCH3 is 1. The molecule has 1 aliphatic rings. The summed E-state index contributed by atoms with van der Waals surface area (Å²) in [6, 6.07) is 16.8. The van der Waals surface area contributed by atoms with Crippen LogP contribution in [0.25, 0.3) is 0 Å². The SMILES string of the molecule is COc1ccc([C@@H]2[C@H](C(=O)Nc3ccccc3)[C@H](C)Nc3ncnn32)cc1. The van der Waals surface area contributed by atoms with Gasteiger partial charge < -0.3 is 15.4 Å². The molecule has 1 aromatic heterocycles. The number of fused-ring (bicyclic) bond motifs is 1. The van der Waals surface area contributed by atoms with Gasteiger partial charge in [-0.05, 0) is 36.8 Å². The molecule has 0 saturated heterocycles. The first kappa shape index (κ1) is 17.1. The molecule has 1 aliphatic heterocycles. The molecule has 2 aromatic carbocycles. The van der Waals surface area contributed by atoms with E-state index in [1.165, 1.54) is 6.33 Å². The standard InChI is InChI=1S/C20H21N5O2/c1-13-17(19(26)24-15-6-4-3-5-7-15)18(25-20(23-13)21-12-22-25)14-8-10-16(27-2)11-9-14/h3-13,17-18H,1-2H3,(H,24,26)(H,21,22,23)/t13-,17+,18+/m0/s1. The lowest BCUT2D eigenvalue weighted by atomic mass is 9.85. The fourth-order valence-electron chi connectivity index (χ4n) is 3.54. The Balaban J connectivity index is 1.71. The van der Waals surface area contributed by atoms with E-state index in [9.17, 15) is 4.79 Å². The maximum absolute atomic E-state index is 13.2. The van der Waals surface area contributed by atoms with Crippen molar-refractivity contribution in [2.24, 2.45) is 5.92 Å². The van der Waals surface area contributed by atoms with Crippen LogP contribution in [-0.4, -0.2) is 33.8 Å². The van der Waals surface area contributed by atoms with Gasteiger partial charge in [0.25, 0.3) is 0 Å². The first-order valence-electron chi connectivity index (χ1n) is 8.83. The van der Waals surface area contributed by atoms with E-state index in [1.54, 1.807) is 11.8 Å². The maximum atomic E-state index is 13.2. The van der Waals surface area contributed by atoms with E-state index in [0.717, 1.165) is 17.0 Å². The van der Waals surface area contributed by atoms with Crippen LogP contribution in [0.2, 0.25) is 0 Å². The van der Waals surface area contributed by atoms with Crippen LogP contribution < -0.4 is 15.4 Å². The predicted octanol–water partition coefficient (Wildman–Crippen LogP) is 2.95. The van der Waals surface area contributed by atoms with Gasteiger partial charge in [0.05, 0.1) is 19.1 Å². The van der Waals surface area contributed by atoms with Gasteiger partial charge in [-0.1, -0.05) is 30.3 Å². The van der Waals surface area contributed by atoms with Crippen molar-refractivity contribution in [3.05, 3.63) is 66.5 Å². The van der Waals surface area contributed by atoms with Crippen LogP contribution in [0.1, 0.15) is 18.5 Å². The predicted molar refractivity (Wildman–Crippen MR) is 103 cm³/mol. The number of aromatic nitrogens is 3. The highest BCUT2D eigenvalue weighted by atomic mass is 16.5. The zero-order chi connectivity index (χ0) is 18.8. The van der Waals surface area contributed by atoms with Crippen LogP contribution in [0.5, 0.6) is 5.75 Å². The summed E-state index contributed by atoms with van der Waals surface area (Å²) < 4.78 is 7.03. The van der Waals surface area contributed by atoms with E-state index in [1.807, 2.05) is 61.5 Å². The van der Waals surface area contributed by atoms with Gasteiger partial charge in [-0.25, -0.2) is 4.68 Å². The monoisotopic (exact) mass is 363 g/mol. The second-order valence-electron chi connectivity index (χ2n) is 6.56. The van der Waals surface area contributed by atoms with Gasteiger partial charge in [0.1, 0.15) is 12.1 Å². The molecule has 0 spiro atoms. The molecule has 1 amide bonds. The zero-order valence-electron chi connectivity index (χ0n) is 15.2. The van der Waals surface area contributed by atoms with Crippen LogP contribution in [0.15, 0.2) is 60.9 Å². The summed E-state index contributed by atoms with van der Waals surface area (Å²) >= 11 is 0. The highest BCUT2D eigenvalue weighted by Gasteiger charge is 2.41. The molecule has 3 atom stereocenters. The van der Waals surface area contributed by atoms with E-state index in [4.69, 9.17) is 4.74 Å². The minimum absolute atomic E-state index is 0.0665. The number of rotatable bonds is 4. The molecule has 0 bridgehead atoms. The van der Waals surface area contributed by atoms with E-state index >= 15 is 0 Å². The quantitative estimate of drug-likeness (QED) is 0.745. The van der Waals surface area contributed by atoms with Crippen LogP contribution in [0, 0.1) is 5.92 Å². The number of para-hydroxylation sites is 1. The van der Waals surface area contributed by atoms with Crippen LogP contribution >= 0.6 is 0 Å². The van der Waals surface area contributed by atoms with Crippen molar-refractivity contribution < 1.29 is 9.53 Å². The summed E-state index contributed by atoms with van der Waals surface area (Å²) in [5, 5.41) is 10.7. The van der Waals surface area contributed by atoms with Crippen molar-refractivity contribution in [2.75, 3.05) is 17.7 Å². The van der Waals surface area contributed by atoms with Crippen molar-refractivity contribution in [1.29, 1.82) is 0 Å². The molecule has 7 nitrogen and oxygen atoms in total. The van der Waals surface area contributed by atoms with Gasteiger partial charge in [0.15, 0.2) is 0 Å². The van der Waals surface area contributed by atoms with Gasteiger partial charge >= 0.3 is 0 Å². The average Bonchev–Trinajstić information content (AvgIpc) is 3.15. The Morgan fingerprint density at radius 2 is 1.89 bits per heavy atom. The number of amides is 1. The molecule has 27 heavy (non-hydrogen) atoms. The molecule has 0 aliphatic carbocycles. The third kappa shape index (κ3) is 3.23. The number of hydrogen-bond acceptors (Lipinski definition) is 5. The lowest BCUT2D eigenvalue weighted by molar-refractivity contribution is -0.121. The number of carbonyl (C=O) groups excluding carboxylic acids is 1. The lowest BCUT2D eigenvalue weighted by Gasteiger charge is -2.36. The molecule has 0 radical (unpaired) electrons. The number of nitrogens with one attached hydrogen (secondary N) is 2. The lowest BCUT2D eigenvalue weighted by Crippen LogP contribution is -2.46. The zero-order valence-corrected chi connectivity index (χ0v) is 15.2. The Bertz CT molecular complexity index is 923. The van der Waals surface area contributed by atoms with E-state index in [2.05, 4.69) is 20.7 Å². The highest BCUT2D eigenvalue weighted by Crippen LogP contribution is 2.36. The highest BCUT2D eigenvalue weighted by molar-refractivity contribution is 5.94. The van der Waals surface area contributed by atoms with Crippen LogP contribution in [-0.2, 0) is 4.79 Å². The van der Waals surface area contributed by atoms with Crippen LogP contribution in [0.4, 0.5) is 11.6 Å². The second kappa shape index (κ2) is 7.11. The number of hydrogen-bond donors (Lipinski definition) is 2. The molecule has 138 valence electrons. The molecular formula is C20H21N5O2.